The van der Waals surface area contributed by atoms with Gasteiger partial charge in [-0.3, -0.25) is 24.0 Å². The number of esters is 1. The van der Waals surface area contributed by atoms with E-state index in [-0.39, 0.29) is 17.7 Å². The van der Waals surface area contributed by atoms with Gasteiger partial charge in [0.25, 0.3) is 0 Å². The van der Waals surface area contributed by atoms with Crippen LogP contribution in [0.25, 0.3) is 0 Å². The molecule has 0 bridgehead atoms. The first-order valence-electron chi connectivity index (χ1n) is 10.1. The van der Waals surface area contributed by atoms with E-state index in [0.29, 0.717) is 11.3 Å². The molecular formula is C24H19NO6. The molecular weight excluding hydrogens is 398 g/mol. The Bertz CT molecular complexity index is 1210. The summed E-state index contributed by atoms with van der Waals surface area (Å²) in [5, 5.41) is 0. The highest BCUT2D eigenvalue weighted by atomic mass is 16.5. The lowest BCUT2D eigenvalue weighted by molar-refractivity contribution is -0.146. The molecule has 156 valence electrons. The molecule has 0 radical (unpaired) electrons. The van der Waals surface area contributed by atoms with Crippen LogP contribution in [-0.4, -0.2) is 36.0 Å². The molecule has 3 aliphatic rings. The summed E-state index contributed by atoms with van der Waals surface area (Å²) in [5.74, 6) is -4.54. The smallest absolute Gasteiger partial charge is 0.311 e. The zero-order valence-corrected chi connectivity index (χ0v) is 17.2. The number of aryl methyl sites for hydroxylation is 1. The topological polar surface area (TPSA) is 97.8 Å². The highest BCUT2D eigenvalue weighted by Gasteiger charge is 2.94. The number of rotatable bonds is 2. The van der Waals surface area contributed by atoms with Gasteiger partial charge in [0.1, 0.15) is 10.8 Å². The standard InChI is InChI=1S/C24H19NO6/c1-4-31-21(29)18-23(24(18)19(27)14-7-5-6-8-15(14)20(24)28)16-11-12(2)9-10-17(16)25(13(3)26)22(23)30/h5-11,18H,4H2,1-3H3. The molecule has 2 aromatic rings. The molecule has 5 rings (SSSR count). The molecule has 0 saturated heterocycles. The number of anilines is 1. The lowest BCUT2D eigenvalue weighted by atomic mass is 9.83. The molecule has 0 aromatic heterocycles. The SMILES string of the molecule is CCOC(=O)C1C2(C(=O)c3ccccc3C2=O)C12C(=O)N(C(C)=O)c1ccc(C)cc12. The summed E-state index contributed by atoms with van der Waals surface area (Å²) in [5.41, 5.74) is -1.95. The second-order valence-electron chi connectivity index (χ2n) is 8.19. The molecule has 0 N–H and O–H groups in total. The maximum absolute atomic E-state index is 13.8. The Morgan fingerprint density at radius 1 is 1.00 bits per heavy atom. The van der Waals surface area contributed by atoms with Crippen LogP contribution >= 0.6 is 0 Å². The van der Waals surface area contributed by atoms with E-state index in [1.54, 1.807) is 44.2 Å². The third-order valence-electron chi connectivity index (χ3n) is 6.73. The van der Waals surface area contributed by atoms with Crippen LogP contribution in [0.1, 0.15) is 45.7 Å². The first kappa shape index (κ1) is 19.4. The van der Waals surface area contributed by atoms with Gasteiger partial charge in [0.05, 0.1) is 18.2 Å². The number of fused-ring (bicyclic) bond motifs is 4. The molecule has 2 amide bonds. The Morgan fingerprint density at radius 2 is 1.61 bits per heavy atom. The van der Waals surface area contributed by atoms with E-state index in [0.717, 1.165) is 10.5 Å². The van der Waals surface area contributed by atoms with Gasteiger partial charge in [-0.05, 0) is 25.5 Å². The zero-order valence-electron chi connectivity index (χ0n) is 17.2. The molecule has 1 aliphatic heterocycles. The molecule has 2 atom stereocenters. The summed E-state index contributed by atoms with van der Waals surface area (Å²) < 4.78 is 5.23. The van der Waals surface area contributed by atoms with Crippen LogP contribution < -0.4 is 4.90 Å². The van der Waals surface area contributed by atoms with Crippen LogP contribution in [0, 0.1) is 18.3 Å². The second-order valence-corrected chi connectivity index (χ2v) is 8.19. The van der Waals surface area contributed by atoms with Crippen molar-refractivity contribution < 1.29 is 28.7 Å². The summed E-state index contributed by atoms with van der Waals surface area (Å²) in [6.45, 7) is 4.68. The van der Waals surface area contributed by atoms with Crippen LogP contribution in [0.5, 0.6) is 0 Å². The van der Waals surface area contributed by atoms with E-state index < -0.39 is 46.1 Å². The molecule has 2 aliphatic carbocycles. The maximum Gasteiger partial charge on any atom is 0.311 e. The highest BCUT2D eigenvalue weighted by molar-refractivity contribution is 6.42. The first-order valence-corrected chi connectivity index (χ1v) is 10.1. The molecule has 1 saturated carbocycles. The molecule has 1 heterocycles. The lowest BCUT2D eigenvalue weighted by Gasteiger charge is -2.15. The average molecular weight is 417 g/mol. The second kappa shape index (κ2) is 5.97. The summed E-state index contributed by atoms with van der Waals surface area (Å²) in [6.07, 6.45) is 0. The van der Waals surface area contributed by atoms with E-state index in [1.165, 1.54) is 19.1 Å². The third-order valence-corrected chi connectivity index (χ3v) is 6.73. The first-order chi connectivity index (χ1) is 14.8. The number of hydrogen-bond acceptors (Lipinski definition) is 6. The van der Waals surface area contributed by atoms with E-state index in [1.807, 2.05) is 0 Å². The van der Waals surface area contributed by atoms with Gasteiger partial charge < -0.3 is 4.74 Å². The fraction of sp³-hybridized carbons (Fsp3) is 0.292. The third kappa shape index (κ3) is 1.92. The van der Waals surface area contributed by atoms with Gasteiger partial charge >= 0.3 is 5.97 Å². The molecule has 2 spiro atoms. The minimum Gasteiger partial charge on any atom is -0.466 e. The molecule has 1 fully saturated rings. The minimum absolute atomic E-state index is 0.0299. The van der Waals surface area contributed by atoms with Crippen LogP contribution in [0.4, 0.5) is 5.69 Å². The van der Waals surface area contributed by atoms with Crippen molar-refractivity contribution in [1.29, 1.82) is 0 Å². The number of ketones is 2. The predicted molar refractivity (Wildman–Crippen MR) is 109 cm³/mol. The predicted octanol–water partition coefficient (Wildman–Crippen LogP) is 2.38. The number of carbonyl (C=O) groups excluding carboxylic acids is 5. The van der Waals surface area contributed by atoms with Crippen molar-refractivity contribution in [3.8, 4) is 0 Å². The van der Waals surface area contributed by atoms with Crippen LogP contribution in [0.15, 0.2) is 42.5 Å². The number of ether oxygens (including phenoxy) is 1. The number of Topliss-reactive ketones (excluding diaryl/α,β-unsaturated/α-hetero) is 2. The van der Waals surface area contributed by atoms with Crippen molar-refractivity contribution in [3.63, 3.8) is 0 Å². The van der Waals surface area contributed by atoms with Gasteiger partial charge in [0.15, 0.2) is 11.6 Å². The number of imide groups is 1. The van der Waals surface area contributed by atoms with Gasteiger partial charge in [-0.2, -0.15) is 0 Å². The normalized spacial score (nSPS) is 24.5. The Labute approximate surface area is 178 Å². The molecule has 2 aromatic carbocycles. The Hall–Kier alpha value is -3.61. The average Bonchev–Trinajstić information content (AvgIpc) is 3.24. The summed E-state index contributed by atoms with van der Waals surface area (Å²) in [4.78, 5) is 67.7. The Kier molecular flexibility index (Phi) is 3.73. The number of carbonyl (C=O) groups is 5. The van der Waals surface area contributed by atoms with E-state index in [9.17, 15) is 24.0 Å². The largest absolute Gasteiger partial charge is 0.466 e. The lowest BCUT2D eigenvalue weighted by Crippen LogP contribution is -2.40. The van der Waals surface area contributed by atoms with Crippen LogP contribution in [0.2, 0.25) is 0 Å². The van der Waals surface area contributed by atoms with Gasteiger partial charge in [-0.25, -0.2) is 4.90 Å². The van der Waals surface area contributed by atoms with Crippen molar-refractivity contribution in [2.24, 2.45) is 11.3 Å². The summed E-state index contributed by atoms with van der Waals surface area (Å²) in [6, 6.07) is 11.4. The van der Waals surface area contributed by atoms with Crippen molar-refractivity contribution in [2.75, 3.05) is 11.5 Å². The van der Waals surface area contributed by atoms with Crippen molar-refractivity contribution in [1.82, 2.24) is 0 Å². The van der Waals surface area contributed by atoms with Gasteiger partial charge in [-0.1, -0.05) is 42.0 Å². The molecule has 31 heavy (non-hydrogen) atoms. The fourth-order valence-corrected chi connectivity index (χ4v) is 5.62. The highest BCUT2D eigenvalue weighted by Crippen LogP contribution is 2.78. The number of hydrogen-bond donors (Lipinski definition) is 0. The van der Waals surface area contributed by atoms with Crippen molar-refractivity contribution in [2.45, 2.75) is 26.2 Å². The van der Waals surface area contributed by atoms with Crippen LogP contribution in [-0.2, 0) is 24.5 Å². The Balaban J connectivity index is 1.85. The number of benzene rings is 2. The quantitative estimate of drug-likeness (QED) is 0.550. The number of amides is 2. The van der Waals surface area contributed by atoms with Crippen LogP contribution in [0.3, 0.4) is 0 Å². The van der Waals surface area contributed by atoms with E-state index >= 15 is 0 Å². The summed E-state index contributed by atoms with van der Waals surface area (Å²) in [7, 11) is 0. The molecule has 2 unspecified atom stereocenters. The van der Waals surface area contributed by atoms with Gasteiger partial charge in [-0.15, -0.1) is 0 Å². The minimum atomic E-state index is -1.94. The zero-order chi connectivity index (χ0) is 22.3. The van der Waals surface area contributed by atoms with Crippen molar-refractivity contribution in [3.05, 3.63) is 64.7 Å². The molecule has 7 nitrogen and oxygen atoms in total. The monoisotopic (exact) mass is 417 g/mol. The van der Waals surface area contributed by atoms with Gasteiger partial charge in [0.2, 0.25) is 11.8 Å². The number of nitrogens with zero attached hydrogens (tertiary/aromatic N) is 1. The van der Waals surface area contributed by atoms with Gasteiger partial charge in [0, 0.05) is 18.1 Å². The van der Waals surface area contributed by atoms with Crippen molar-refractivity contribution >= 4 is 35.0 Å². The maximum atomic E-state index is 13.8. The molecule has 7 heteroatoms. The fourth-order valence-electron chi connectivity index (χ4n) is 5.62. The van der Waals surface area contributed by atoms with E-state index in [2.05, 4.69) is 0 Å². The Morgan fingerprint density at radius 3 is 2.16 bits per heavy atom. The summed E-state index contributed by atoms with van der Waals surface area (Å²) >= 11 is 0. The van der Waals surface area contributed by atoms with E-state index in [4.69, 9.17) is 4.74 Å².